The second kappa shape index (κ2) is 4.77. The number of hydrogen-bond acceptors (Lipinski definition) is 5. The maximum Gasteiger partial charge on any atom is 0.323 e. The lowest BCUT2D eigenvalue weighted by atomic mass is 10.3. The molecule has 0 spiro atoms. The van der Waals surface area contributed by atoms with Gasteiger partial charge >= 0.3 is 5.97 Å². The van der Waals surface area contributed by atoms with Crippen LogP contribution in [-0.2, 0) is 11.2 Å². The van der Waals surface area contributed by atoms with Gasteiger partial charge in [0.15, 0.2) is 0 Å². The van der Waals surface area contributed by atoms with Crippen LogP contribution in [0.15, 0.2) is 12.4 Å². The van der Waals surface area contributed by atoms with E-state index in [0.717, 1.165) is 35.3 Å². The van der Waals surface area contributed by atoms with E-state index in [9.17, 15) is 4.79 Å². The Kier molecular flexibility index (Phi) is 3.10. The highest BCUT2D eigenvalue weighted by molar-refractivity contribution is 7.18. The summed E-state index contributed by atoms with van der Waals surface area (Å²) >= 11 is 1.65. The van der Waals surface area contributed by atoms with Crippen molar-refractivity contribution in [1.29, 1.82) is 0 Å². The molecule has 0 unspecified atom stereocenters. The molecule has 3 rings (SSSR count). The lowest BCUT2D eigenvalue weighted by Crippen LogP contribution is -2.32. The van der Waals surface area contributed by atoms with Crippen molar-refractivity contribution in [1.82, 2.24) is 9.97 Å². The van der Waals surface area contributed by atoms with Gasteiger partial charge in [0.25, 0.3) is 0 Å². The molecular formula is C13H15N3O2S. The quantitative estimate of drug-likeness (QED) is 0.908. The molecule has 2 aromatic heterocycles. The molecule has 100 valence electrons. The first-order chi connectivity index (χ1) is 9.19. The molecule has 1 aliphatic rings. The fourth-order valence-corrected chi connectivity index (χ4v) is 3.13. The van der Waals surface area contributed by atoms with Crippen molar-refractivity contribution in [3.05, 3.63) is 17.3 Å². The zero-order valence-electron chi connectivity index (χ0n) is 10.7. The number of anilines is 1. The van der Waals surface area contributed by atoms with Crippen LogP contribution in [0.4, 0.5) is 5.82 Å². The fraction of sp³-hybridized carbons (Fsp3) is 0.462. The number of aromatic nitrogens is 2. The van der Waals surface area contributed by atoms with Crippen molar-refractivity contribution >= 4 is 33.3 Å². The largest absolute Gasteiger partial charge is 0.480 e. The summed E-state index contributed by atoms with van der Waals surface area (Å²) in [5.74, 6) is -0.0459. The molecule has 0 aromatic carbocycles. The van der Waals surface area contributed by atoms with Gasteiger partial charge in [-0.05, 0) is 25.3 Å². The Morgan fingerprint density at radius 1 is 1.53 bits per heavy atom. The lowest BCUT2D eigenvalue weighted by molar-refractivity contribution is -0.135. The van der Waals surface area contributed by atoms with E-state index in [1.165, 1.54) is 11.2 Å². The molecule has 1 aliphatic carbocycles. The summed E-state index contributed by atoms with van der Waals surface area (Å²) in [7, 11) is 0. The molecule has 0 saturated heterocycles. The second-order valence-corrected chi connectivity index (χ2v) is 5.85. The van der Waals surface area contributed by atoms with Gasteiger partial charge in [0.1, 0.15) is 23.5 Å². The maximum atomic E-state index is 11.0. The number of fused-ring (bicyclic) bond motifs is 1. The van der Waals surface area contributed by atoms with Crippen molar-refractivity contribution < 1.29 is 9.90 Å². The number of carboxylic acid groups (broad SMARTS) is 1. The van der Waals surface area contributed by atoms with Crippen molar-refractivity contribution in [2.75, 3.05) is 11.4 Å². The van der Waals surface area contributed by atoms with Gasteiger partial charge in [-0.1, -0.05) is 6.92 Å². The fourth-order valence-electron chi connectivity index (χ4n) is 2.20. The average molecular weight is 277 g/mol. The molecule has 2 aromatic rings. The van der Waals surface area contributed by atoms with Gasteiger partial charge in [-0.25, -0.2) is 9.97 Å². The molecule has 1 fully saturated rings. The van der Waals surface area contributed by atoms with Gasteiger partial charge in [-0.3, -0.25) is 4.79 Å². The number of hydrogen-bond donors (Lipinski definition) is 1. The highest BCUT2D eigenvalue weighted by atomic mass is 32.1. The van der Waals surface area contributed by atoms with Crippen molar-refractivity contribution in [3.8, 4) is 0 Å². The first-order valence-electron chi connectivity index (χ1n) is 6.41. The molecular weight excluding hydrogens is 262 g/mol. The Bertz CT molecular complexity index is 621. The van der Waals surface area contributed by atoms with E-state index in [4.69, 9.17) is 5.11 Å². The van der Waals surface area contributed by atoms with Crippen LogP contribution in [0.1, 0.15) is 24.6 Å². The maximum absolute atomic E-state index is 11.0. The minimum absolute atomic E-state index is 0.00802. The van der Waals surface area contributed by atoms with Crippen molar-refractivity contribution in [2.45, 2.75) is 32.2 Å². The minimum Gasteiger partial charge on any atom is -0.480 e. The summed E-state index contributed by atoms with van der Waals surface area (Å²) in [5.41, 5.74) is 0. The number of rotatable bonds is 5. The third-order valence-corrected chi connectivity index (χ3v) is 4.46. The molecule has 1 N–H and O–H groups in total. The van der Waals surface area contributed by atoms with Gasteiger partial charge in [0, 0.05) is 10.9 Å². The second-order valence-electron chi connectivity index (χ2n) is 4.74. The SMILES string of the molecule is CCc1cc2c(N(CC(=O)O)C3CC3)ncnc2s1. The smallest absolute Gasteiger partial charge is 0.323 e. The van der Waals surface area contributed by atoms with Crippen LogP contribution >= 0.6 is 11.3 Å². The summed E-state index contributed by atoms with van der Waals surface area (Å²) < 4.78 is 0. The van der Waals surface area contributed by atoms with Crippen molar-refractivity contribution in [2.24, 2.45) is 0 Å². The summed E-state index contributed by atoms with van der Waals surface area (Å²) in [5, 5.41) is 10.0. The van der Waals surface area contributed by atoms with Gasteiger partial charge in [0.05, 0.1) is 5.39 Å². The van der Waals surface area contributed by atoms with Crippen LogP contribution in [0.5, 0.6) is 0 Å². The molecule has 0 bridgehead atoms. The molecule has 0 aliphatic heterocycles. The Morgan fingerprint density at radius 3 is 2.95 bits per heavy atom. The summed E-state index contributed by atoms with van der Waals surface area (Å²) in [4.78, 5) is 23.7. The van der Waals surface area contributed by atoms with Crippen LogP contribution in [0.25, 0.3) is 10.2 Å². The first-order valence-corrected chi connectivity index (χ1v) is 7.22. The third-order valence-electron chi connectivity index (χ3n) is 3.27. The molecule has 0 atom stereocenters. The monoisotopic (exact) mass is 277 g/mol. The predicted octanol–water partition coefficient (Wildman–Crippen LogP) is 2.31. The van der Waals surface area contributed by atoms with Crippen LogP contribution in [-0.4, -0.2) is 33.6 Å². The van der Waals surface area contributed by atoms with Crippen LogP contribution < -0.4 is 4.90 Å². The van der Waals surface area contributed by atoms with E-state index < -0.39 is 5.97 Å². The number of aryl methyl sites for hydroxylation is 1. The van der Waals surface area contributed by atoms with Gasteiger partial charge < -0.3 is 10.0 Å². The number of nitrogens with zero attached hydrogens (tertiary/aromatic N) is 3. The number of aliphatic carboxylic acids is 1. The molecule has 6 heteroatoms. The average Bonchev–Trinajstić information content (AvgIpc) is 3.13. The summed E-state index contributed by atoms with van der Waals surface area (Å²) in [6, 6.07) is 2.41. The van der Waals surface area contributed by atoms with Crippen LogP contribution in [0, 0.1) is 0 Å². The molecule has 0 radical (unpaired) electrons. The predicted molar refractivity (Wildman–Crippen MR) is 74.8 cm³/mol. The normalized spacial score (nSPS) is 14.8. The van der Waals surface area contributed by atoms with E-state index in [1.54, 1.807) is 11.3 Å². The minimum atomic E-state index is -0.815. The molecule has 2 heterocycles. The third kappa shape index (κ3) is 2.40. The Balaban J connectivity index is 2.06. The first kappa shape index (κ1) is 12.3. The van der Waals surface area contributed by atoms with E-state index in [0.29, 0.717) is 6.04 Å². The molecule has 19 heavy (non-hydrogen) atoms. The van der Waals surface area contributed by atoms with Gasteiger partial charge in [-0.15, -0.1) is 11.3 Å². The molecule has 1 saturated carbocycles. The van der Waals surface area contributed by atoms with E-state index in [-0.39, 0.29) is 6.54 Å². The zero-order chi connectivity index (χ0) is 13.4. The summed E-state index contributed by atoms with van der Waals surface area (Å²) in [6.45, 7) is 2.11. The number of carbonyl (C=O) groups is 1. The van der Waals surface area contributed by atoms with Gasteiger partial charge in [0.2, 0.25) is 0 Å². The van der Waals surface area contributed by atoms with E-state index in [2.05, 4.69) is 23.0 Å². The van der Waals surface area contributed by atoms with Gasteiger partial charge in [-0.2, -0.15) is 0 Å². The van der Waals surface area contributed by atoms with Crippen molar-refractivity contribution in [3.63, 3.8) is 0 Å². The topological polar surface area (TPSA) is 66.3 Å². The Morgan fingerprint density at radius 2 is 2.32 bits per heavy atom. The van der Waals surface area contributed by atoms with Crippen LogP contribution in [0.3, 0.4) is 0 Å². The lowest BCUT2D eigenvalue weighted by Gasteiger charge is -2.21. The van der Waals surface area contributed by atoms with E-state index in [1.807, 2.05) is 4.90 Å². The number of carboxylic acids is 1. The molecule has 0 amide bonds. The highest BCUT2D eigenvalue weighted by Gasteiger charge is 2.32. The van der Waals surface area contributed by atoms with Crippen LogP contribution in [0.2, 0.25) is 0 Å². The number of thiophene rings is 1. The Labute approximate surface area is 114 Å². The zero-order valence-corrected chi connectivity index (χ0v) is 11.5. The highest BCUT2D eigenvalue weighted by Crippen LogP contribution is 2.36. The molecule has 5 nitrogen and oxygen atoms in total. The summed E-state index contributed by atoms with van der Waals surface area (Å²) in [6.07, 6.45) is 4.58. The van der Waals surface area contributed by atoms with E-state index >= 15 is 0 Å². The Hall–Kier alpha value is -1.69. The standard InChI is InChI=1S/C13H15N3O2S/c1-2-9-5-10-12(14-7-15-13(10)19-9)16(6-11(17)18)8-3-4-8/h5,7-8H,2-4,6H2,1H3,(H,17,18).